The fraction of sp³-hybridized carbons (Fsp3) is 0.231. The molecule has 0 bridgehead atoms. The van der Waals surface area contributed by atoms with Crippen molar-refractivity contribution in [2.75, 3.05) is 5.73 Å². The SMILES string of the molecule is CC(C)n1nc(-c2ccc(Cl)cc2)c(C=O)c1N. The Morgan fingerprint density at radius 2 is 1.94 bits per heavy atom. The van der Waals surface area contributed by atoms with E-state index < -0.39 is 0 Å². The summed E-state index contributed by atoms with van der Waals surface area (Å²) < 4.78 is 1.65. The fourth-order valence-electron chi connectivity index (χ4n) is 1.79. The number of rotatable bonds is 3. The third-order valence-corrected chi connectivity index (χ3v) is 2.96. The summed E-state index contributed by atoms with van der Waals surface area (Å²) in [5, 5.41) is 5.04. The van der Waals surface area contributed by atoms with Crippen LogP contribution < -0.4 is 5.73 Å². The van der Waals surface area contributed by atoms with E-state index in [-0.39, 0.29) is 6.04 Å². The standard InChI is InChI=1S/C13H14ClN3O/c1-8(2)17-13(15)11(7-18)12(16-17)9-3-5-10(14)6-4-9/h3-8H,15H2,1-2H3. The van der Waals surface area contributed by atoms with Crippen molar-refractivity contribution in [3.63, 3.8) is 0 Å². The highest BCUT2D eigenvalue weighted by Crippen LogP contribution is 2.28. The van der Waals surface area contributed by atoms with Crippen molar-refractivity contribution in [2.24, 2.45) is 0 Å². The minimum absolute atomic E-state index is 0.102. The Morgan fingerprint density at radius 1 is 1.33 bits per heavy atom. The maximum atomic E-state index is 11.2. The summed E-state index contributed by atoms with van der Waals surface area (Å²) in [5.74, 6) is 0.393. The van der Waals surface area contributed by atoms with E-state index in [1.165, 1.54) is 0 Å². The summed E-state index contributed by atoms with van der Waals surface area (Å²) in [6.45, 7) is 3.92. The van der Waals surface area contributed by atoms with Crippen LogP contribution in [0, 0.1) is 0 Å². The molecule has 0 aliphatic carbocycles. The number of hydrogen-bond donors (Lipinski definition) is 1. The molecule has 5 heteroatoms. The third-order valence-electron chi connectivity index (χ3n) is 2.71. The molecule has 0 unspecified atom stereocenters. The number of nitrogen functional groups attached to an aromatic ring is 1. The predicted octanol–water partition coefficient (Wildman–Crippen LogP) is 3.18. The first kappa shape index (κ1) is 12.6. The zero-order valence-electron chi connectivity index (χ0n) is 10.2. The van der Waals surface area contributed by atoms with Gasteiger partial charge in [-0.1, -0.05) is 23.7 Å². The van der Waals surface area contributed by atoms with Crippen LogP contribution >= 0.6 is 11.6 Å². The average Bonchev–Trinajstić information content (AvgIpc) is 2.67. The number of nitrogens with zero attached hydrogens (tertiary/aromatic N) is 2. The number of anilines is 1. The predicted molar refractivity (Wildman–Crippen MR) is 72.9 cm³/mol. The molecule has 0 fully saturated rings. The molecule has 0 saturated heterocycles. The summed E-state index contributed by atoms with van der Waals surface area (Å²) >= 11 is 5.84. The monoisotopic (exact) mass is 263 g/mol. The van der Waals surface area contributed by atoms with Gasteiger partial charge in [0, 0.05) is 16.6 Å². The van der Waals surface area contributed by atoms with Crippen molar-refractivity contribution in [3.05, 3.63) is 34.9 Å². The molecule has 0 aliphatic rings. The summed E-state index contributed by atoms with van der Waals surface area (Å²) in [4.78, 5) is 11.2. The van der Waals surface area contributed by atoms with Crippen molar-refractivity contribution in [1.29, 1.82) is 0 Å². The zero-order valence-corrected chi connectivity index (χ0v) is 11.0. The van der Waals surface area contributed by atoms with Crippen molar-refractivity contribution in [2.45, 2.75) is 19.9 Å². The molecule has 0 spiro atoms. The van der Waals surface area contributed by atoms with Gasteiger partial charge in [0.15, 0.2) is 6.29 Å². The largest absolute Gasteiger partial charge is 0.383 e. The second-order valence-corrected chi connectivity index (χ2v) is 4.75. The van der Waals surface area contributed by atoms with Crippen LogP contribution in [0.2, 0.25) is 5.02 Å². The van der Waals surface area contributed by atoms with Gasteiger partial charge in [-0.05, 0) is 26.0 Å². The average molecular weight is 264 g/mol. The van der Waals surface area contributed by atoms with Gasteiger partial charge in [0.25, 0.3) is 0 Å². The van der Waals surface area contributed by atoms with Crippen LogP contribution in [0.1, 0.15) is 30.2 Å². The molecule has 1 aromatic heterocycles. The van der Waals surface area contributed by atoms with E-state index in [1.54, 1.807) is 16.8 Å². The third kappa shape index (κ3) is 2.11. The van der Waals surface area contributed by atoms with Crippen molar-refractivity contribution in [3.8, 4) is 11.3 Å². The second kappa shape index (κ2) is 4.82. The lowest BCUT2D eigenvalue weighted by Crippen LogP contribution is -2.07. The van der Waals surface area contributed by atoms with Crippen LogP contribution in [-0.4, -0.2) is 16.1 Å². The van der Waals surface area contributed by atoms with Gasteiger partial charge in [-0.15, -0.1) is 0 Å². The number of aldehydes is 1. The summed E-state index contributed by atoms with van der Waals surface area (Å²) in [5.41, 5.74) is 7.77. The number of benzene rings is 1. The normalized spacial score (nSPS) is 10.9. The minimum Gasteiger partial charge on any atom is -0.383 e. The van der Waals surface area contributed by atoms with E-state index in [0.717, 1.165) is 11.8 Å². The first-order valence-electron chi connectivity index (χ1n) is 5.63. The van der Waals surface area contributed by atoms with Crippen LogP contribution in [0.3, 0.4) is 0 Å². The molecule has 2 N–H and O–H groups in total. The van der Waals surface area contributed by atoms with Crippen LogP contribution in [0.15, 0.2) is 24.3 Å². The molecule has 0 aliphatic heterocycles. The van der Waals surface area contributed by atoms with Gasteiger partial charge in [0.1, 0.15) is 11.5 Å². The number of carbonyl (C=O) groups is 1. The Hall–Kier alpha value is -1.81. The topological polar surface area (TPSA) is 60.9 Å². The smallest absolute Gasteiger partial charge is 0.156 e. The van der Waals surface area contributed by atoms with Crippen LogP contribution in [-0.2, 0) is 0 Å². The Morgan fingerprint density at radius 3 is 2.44 bits per heavy atom. The lowest BCUT2D eigenvalue weighted by Gasteiger charge is -2.06. The highest BCUT2D eigenvalue weighted by atomic mass is 35.5. The number of aromatic nitrogens is 2. The van der Waals surface area contributed by atoms with Crippen molar-refractivity contribution >= 4 is 23.7 Å². The van der Waals surface area contributed by atoms with Gasteiger partial charge in [-0.3, -0.25) is 4.79 Å². The molecular formula is C13H14ClN3O. The van der Waals surface area contributed by atoms with E-state index in [1.807, 2.05) is 26.0 Å². The van der Waals surface area contributed by atoms with Gasteiger partial charge < -0.3 is 5.73 Å². The molecule has 1 heterocycles. The van der Waals surface area contributed by atoms with Crippen LogP contribution in [0.25, 0.3) is 11.3 Å². The number of carbonyl (C=O) groups excluding carboxylic acids is 1. The molecule has 2 aromatic rings. The van der Waals surface area contributed by atoms with E-state index >= 15 is 0 Å². The zero-order chi connectivity index (χ0) is 13.3. The number of halogens is 1. The molecule has 0 saturated carbocycles. The van der Waals surface area contributed by atoms with Gasteiger partial charge in [0.05, 0.1) is 5.56 Å². The molecular weight excluding hydrogens is 250 g/mol. The van der Waals surface area contributed by atoms with Gasteiger partial charge in [-0.25, -0.2) is 4.68 Å². The minimum atomic E-state index is 0.102. The Labute approximate surface area is 110 Å². The molecule has 18 heavy (non-hydrogen) atoms. The van der Waals surface area contributed by atoms with E-state index in [2.05, 4.69) is 5.10 Å². The molecule has 0 amide bonds. The van der Waals surface area contributed by atoms with Gasteiger partial charge in [-0.2, -0.15) is 5.10 Å². The molecule has 94 valence electrons. The Bertz CT molecular complexity index is 573. The van der Waals surface area contributed by atoms with E-state index in [4.69, 9.17) is 17.3 Å². The first-order valence-corrected chi connectivity index (χ1v) is 6.01. The molecule has 0 atom stereocenters. The van der Waals surface area contributed by atoms with E-state index in [9.17, 15) is 4.79 Å². The number of hydrogen-bond acceptors (Lipinski definition) is 3. The summed E-state index contributed by atoms with van der Waals surface area (Å²) in [7, 11) is 0. The molecule has 1 aromatic carbocycles. The molecule has 4 nitrogen and oxygen atoms in total. The quantitative estimate of drug-likeness (QED) is 0.865. The highest BCUT2D eigenvalue weighted by molar-refractivity contribution is 6.30. The Kier molecular flexibility index (Phi) is 3.39. The van der Waals surface area contributed by atoms with E-state index in [0.29, 0.717) is 22.1 Å². The van der Waals surface area contributed by atoms with Crippen LogP contribution in [0.4, 0.5) is 5.82 Å². The lowest BCUT2D eigenvalue weighted by molar-refractivity contribution is 0.112. The maximum Gasteiger partial charge on any atom is 0.156 e. The fourth-order valence-corrected chi connectivity index (χ4v) is 1.92. The van der Waals surface area contributed by atoms with Gasteiger partial charge in [0.2, 0.25) is 0 Å². The van der Waals surface area contributed by atoms with Crippen molar-refractivity contribution < 1.29 is 4.79 Å². The maximum absolute atomic E-state index is 11.2. The Balaban J connectivity index is 2.60. The molecule has 2 rings (SSSR count). The highest BCUT2D eigenvalue weighted by Gasteiger charge is 2.17. The second-order valence-electron chi connectivity index (χ2n) is 4.31. The van der Waals surface area contributed by atoms with Crippen molar-refractivity contribution in [1.82, 2.24) is 9.78 Å². The molecule has 0 radical (unpaired) electrons. The van der Waals surface area contributed by atoms with Crippen LogP contribution in [0.5, 0.6) is 0 Å². The lowest BCUT2D eigenvalue weighted by atomic mass is 10.1. The summed E-state index contributed by atoms with van der Waals surface area (Å²) in [6.07, 6.45) is 0.741. The number of nitrogens with two attached hydrogens (primary N) is 1. The summed E-state index contributed by atoms with van der Waals surface area (Å²) in [6, 6.07) is 7.26. The first-order chi connectivity index (χ1) is 8.54. The van der Waals surface area contributed by atoms with Gasteiger partial charge >= 0.3 is 0 Å².